The van der Waals surface area contributed by atoms with E-state index in [-0.39, 0.29) is 40.0 Å². The quantitative estimate of drug-likeness (QED) is 0.116. The van der Waals surface area contributed by atoms with E-state index in [1.807, 2.05) is 0 Å². The maximum absolute atomic E-state index is 13.9. The van der Waals surface area contributed by atoms with Crippen molar-refractivity contribution in [3.05, 3.63) is 81.7 Å². The number of phenols is 2. The number of pyridine rings is 1. The molecule has 1 saturated heterocycles. The third kappa shape index (κ3) is 5.33. The second-order valence-electron chi connectivity index (χ2n) is 12.1. The molecular weight excluding hydrogens is 614 g/mol. The van der Waals surface area contributed by atoms with E-state index in [4.69, 9.17) is 25.7 Å². The molecule has 47 heavy (non-hydrogen) atoms. The lowest BCUT2D eigenvalue weighted by atomic mass is 9.71. The Kier molecular flexibility index (Phi) is 8.10. The van der Waals surface area contributed by atoms with Crippen LogP contribution in [0.5, 0.6) is 17.2 Å². The summed E-state index contributed by atoms with van der Waals surface area (Å²) in [6.07, 6.45) is -2.39. The molecule has 14 nitrogen and oxygen atoms in total. The molecule has 3 aliphatic rings. The Morgan fingerprint density at radius 1 is 1.09 bits per heavy atom. The van der Waals surface area contributed by atoms with Crippen LogP contribution in [0.1, 0.15) is 79.2 Å². The number of aromatic hydroxyl groups is 2. The summed E-state index contributed by atoms with van der Waals surface area (Å²) in [6.45, 7) is 1.16. The van der Waals surface area contributed by atoms with Gasteiger partial charge in [0.15, 0.2) is 24.5 Å². The smallest absolute Gasteiger partial charge is 0.254 e. The minimum Gasteiger partial charge on any atom is -0.507 e. The number of carbonyl (C=O) groups is 4. The summed E-state index contributed by atoms with van der Waals surface area (Å²) in [5.41, 5.74) is 7.95. The van der Waals surface area contributed by atoms with Crippen LogP contribution >= 0.6 is 0 Å². The Morgan fingerprint density at radius 2 is 1.81 bits per heavy atom. The van der Waals surface area contributed by atoms with Crippen LogP contribution in [0.3, 0.4) is 0 Å². The molecule has 1 amide bonds. The fourth-order valence-electron chi connectivity index (χ4n) is 6.68. The number of carbonyl (C=O) groups excluding carboxylic acids is 4. The molecule has 6 unspecified atom stereocenters. The molecular formula is C33H34N3O11+. The van der Waals surface area contributed by atoms with Crippen LogP contribution < -0.4 is 20.8 Å². The zero-order valence-corrected chi connectivity index (χ0v) is 25.5. The molecule has 6 rings (SSSR count). The normalized spacial score (nSPS) is 26.6. The van der Waals surface area contributed by atoms with Gasteiger partial charge in [-0.15, -0.1) is 0 Å². The predicted molar refractivity (Wildman–Crippen MR) is 160 cm³/mol. The number of amides is 1. The van der Waals surface area contributed by atoms with Crippen molar-refractivity contribution < 1.29 is 58.4 Å². The highest BCUT2D eigenvalue weighted by Crippen LogP contribution is 2.52. The minimum atomic E-state index is -2.24. The van der Waals surface area contributed by atoms with Crippen LogP contribution in [0.2, 0.25) is 0 Å². The number of ether oxygens (including phenoxy) is 3. The highest BCUT2D eigenvalue weighted by atomic mass is 16.7. The first-order chi connectivity index (χ1) is 22.2. The molecule has 6 atom stereocenters. The zero-order valence-electron chi connectivity index (χ0n) is 25.5. The number of nitrogens with two attached hydrogens (primary N) is 2. The molecule has 0 bridgehead atoms. The van der Waals surface area contributed by atoms with Gasteiger partial charge in [-0.05, 0) is 19.1 Å². The maximum atomic E-state index is 13.9. The average molecular weight is 649 g/mol. The highest BCUT2D eigenvalue weighted by molar-refractivity contribution is 6.31. The van der Waals surface area contributed by atoms with Gasteiger partial charge in [0.25, 0.3) is 5.91 Å². The summed E-state index contributed by atoms with van der Waals surface area (Å²) in [4.78, 5) is 53.1. The highest BCUT2D eigenvalue weighted by Gasteiger charge is 2.51. The van der Waals surface area contributed by atoms with Crippen molar-refractivity contribution >= 4 is 23.3 Å². The minimum absolute atomic E-state index is 0.000841. The molecule has 1 aliphatic heterocycles. The van der Waals surface area contributed by atoms with Crippen LogP contribution in [-0.2, 0) is 27.2 Å². The molecule has 0 radical (unpaired) electrons. The summed E-state index contributed by atoms with van der Waals surface area (Å²) in [6, 6.07) is 6.58. The maximum Gasteiger partial charge on any atom is 0.254 e. The van der Waals surface area contributed by atoms with Gasteiger partial charge < -0.3 is 46.1 Å². The number of primary amides is 1. The van der Waals surface area contributed by atoms with Crippen LogP contribution in [0.15, 0.2) is 42.7 Å². The lowest BCUT2D eigenvalue weighted by Gasteiger charge is -2.42. The molecule has 0 spiro atoms. The molecule has 3 aromatic rings. The van der Waals surface area contributed by atoms with Crippen molar-refractivity contribution in [1.29, 1.82) is 0 Å². The van der Waals surface area contributed by atoms with Crippen LogP contribution in [0, 0.1) is 0 Å². The van der Waals surface area contributed by atoms with E-state index in [2.05, 4.69) is 0 Å². The van der Waals surface area contributed by atoms with Crippen molar-refractivity contribution in [1.82, 2.24) is 0 Å². The molecule has 2 heterocycles. The van der Waals surface area contributed by atoms with Crippen molar-refractivity contribution in [3.8, 4) is 17.2 Å². The van der Waals surface area contributed by atoms with Gasteiger partial charge in [0, 0.05) is 48.1 Å². The monoisotopic (exact) mass is 648 g/mol. The number of ketones is 3. The molecule has 2 aromatic carbocycles. The number of aromatic nitrogens is 1. The Balaban J connectivity index is 1.47. The first-order valence-electron chi connectivity index (χ1n) is 14.9. The second-order valence-corrected chi connectivity index (χ2v) is 12.1. The van der Waals surface area contributed by atoms with Crippen molar-refractivity contribution in [2.24, 2.45) is 11.5 Å². The summed E-state index contributed by atoms with van der Waals surface area (Å²) in [5.74, 6) is -4.30. The van der Waals surface area contributed by atoms with Gasteiger partial charge in [0.1, 0.15) is 28.4 Å². The lowest BCUT2D eigenvalue weighted by molar-refractivity contribution is -0.685. The second kappa shape index (κ2) is 11.8. The van der Waals surface area contributed by atoms with Gasteiger partial charge in [-0.2, -0.15) is 4.57 Å². The van der Waals surface area contributed by atoms with Crippen LogP contribution in [0.4, 0.5) is 0 Å². The fourth-order valence-corrected chi connectivity index (χ4v) is 6.68. The number of nitrogens with zero attached hydrogens (tertiary/aromatic N) is 1. The number of phenolic OH excluding ortho intramolecular Hbond substituents is 2. The number of aliphatic hydroxyl groups excluding tert-OH is 1. The van der Waals surface area contributed by atoms with E-state index in [9.17, 15) is 39.6 Å². The van der Waals surface area contributed by atoms with Gasteiger partial charge in [0.2, 0.25) is 18.1 Å². The fraction of sp³-hybridized carbons (Fsp3) is 0.364. The Hall–Kier alpha value is -4.73. The van der Waals surface area contributed by atoms with Crippen molar-refractivity contribution in [2.45, 2.75) is 69.0 Å². The van der Waals surface area contributed by atoms with Crippen LogP contribution in [0.25, 0.3) is 0 Å². The van der Waals surface area contributed by atoms with Gasteiger partial charge in [-0.1, -0.05) is 12.1 Å². The number of methoxy groups -OCH3 is 1. The molecule has 246 valence electrons. The Bertz CT molecular complexity index is 1830. The number of hydrogen-bond donors (Lipinski definition) is 6. The summed E-state index contributed by atoms with van der Waals surface area (Å²) in [7, 11) is 1.32. The third-order valence-corrected chi connectivity index (χ3v) is 9.13. The van der Waals surface area contributed by atoms with Gasteiger partial charge in [-0.3, -0.25) is 19.2 Å². The summed E-state index contributed by atoms with van der Waals surface area (Å²) >= 11 is 0. The van der Waals surface area contributed by atoms with Crippen molar-refractivity contribution in [3.63, 3.8) is 0 Å². The molecule has 14 heteroatoms. The molecule has 0 saturated carbocycles. The van der Waals surface area contributed by atoms with Gasteiger partial charge >= 0.3 is 0 Å². The Morgan fingerprint density at radius 3 is 2.49 bits per heavy atom. The predicted octanol–water partition coefficient (Wildman–Crippen LogP) is 0.0956. The van der Waals surface area contributed by atoms with Crippen molar-refractivity contribution in [2.75, 3.05) is 7.11 Å². The number of rotatable bonds is 7. The standard InChI is InChI=1S/C33H33N3O11/c1-14-27(38)18(34)9-22(46-14)47-20-11-33(44,21(37)13-36-8-4-5-15(12-36)32(35)43)10-17-24(20)31(42)26-25(29(17)40)28(39)16-6-3-7-19(45-2)23(16)30(26)41/h3-8,12,14,18,20,22,27,38,44H,9-11,13,34H2,1-2H3,(H3-,35,39,40,41,42,43)/p+1. The first kappa shape index (κ1) is 32.2. The number of fused-ring (bicyclic) bond motifs is 3. The molecule has 1 fully saturated rings. The van der Waals surface area contributed by atoms with E-state index in [0.717, 1.165) is 0 Å². The van der Waals surface area contributed by atoms with E-state index in [0.29, 0.717) is 0 Å². The molecule has 2 aliphatic carbocycles. The zero-order chi connectivity index (χ0) is 33.9. The molecule has 8 N–H and O–H groups in total. The number of Topliss-reactive ketones (excluding diaryl/α,β-unsaturated/α-hetero) is 1. The number of aliphatic hydroxyl groups is 2. The third-order valence-electron chi connectivity index (χ3n) is 9.13. The Labute approximate surface area is 268 Å². The van der Waals surface area contributed by atoms with Crippen LogP contribution in [-0.4, -0.2) is 80.9 Å². The van der Waals surface area contributed by atoms with E-state index < -0.39 is 102 Å². The SMILES string of the molecule is COc1cccc2c1C(=O)c1c(O)c3c(c(O)c1C2=O)CC(O)(C(=O)C[n+]1cccc(C(N)=O)c1)CC3OC1CC(N)C(O)C(C)O1. The van der Waals surface area contributed by atoms with Gasteiger partial charge in [-0.25, -0.2) is 0 Å². The average Bonchev–Trinajstić information content (AvgIpc) is 3.03. The largest absolute Gasteiger partial charge is 0.507 e. The molecule has 1 aromatic heterocycles. The van der Waals surface area contributed by atoms with E-state index in [1.165, 1.54) is 54.4 Å². The van der Waals surface area contributed by atoms with E-state index in [1.54, 1.807) is 6.92 Å². The number of hydrogen-bond acceptors (Lipinski definition) is 12. The summed E-state index contributed by atoms with van der Waals surface area (Å²) < 4.78 is 18.7. The van der Waals surface area contributed by atoms with E-state index >= 15 is 0 Å². The summed E-state index contributed by atoms with van der Waals surface area (Å²) in [5, 5.41) is 45.6. The first-order valence-corrected chi connectivity index (χ1v) is 14.9. The topological polar surface area (TPSA) is 233 Å². The lowest BCUT2D eigenvalue weighted by Crippen LogP contribution is -2.54. The number of benzene rings is 2. The van der Waals surface area contributed by atoms with Gasteiger partial charge in [0.05, 0.1) is 42.1 Å².